The first-order chi connectivity index (χ1) is 13.6. The monoisotopic (exact) mass is 372 g/mol. The summed E-state index contributed by atoms with van der Waals surface area (Å²) in [4.78, 5) is 15.2. The minimum absolute atomic E-state index is 0.216. The standard InChI is InChI=1S/C24H24N2O2/c1-17-12-20-14-22(27)26(15-18-8-4-2-5-9-18)23(28)24(20,16-25)21(13-17)19-10-6-3-7-11-19/h2-12,20-22,27H,13-15H2,1H3/t20-,21+,22+,24+/m1/s1. The first kappa shape index (κ1) is 18.5. The van der Waals surface area contributed by atoms with Crippen molar-refractivity contribution in [1.29, 1.82) is 5.26 Å². The third-order valence-corrected chi connectivity index (χ3v) is 6.17. The first-order valence-electron chi connectivity index (χ1n) is 9.73. The van der Waals surface area contributed by atoms with Crippen LogP contribution in [0.4, 0.5) is 0 Å². The van der Waals surface area contributed by atoms with Gasteiger partial charge < -0.3 is 10.0 Å². The van der Waals surface area contributed by atoms with Gasteiger partial charge in [-0.05, 0) is 24.5 Å². The summed E-state index contributed by atoms with van der Waals surface area (Å²) in [6.45, 7) is 2.35. The molecule has 0 unspecified atom stereocenters. The van der Waals surface area contributed by atoms with Crippen molar-refractivity contribution in [2.75, 3.05) is 0 Å². The summed E-state index contributed by atoms with van der Waals surface area (Å²) in [7, 11) is 0. The summed E-state index contributed by atoms with van der Waals surface area (Å²) in [6, 6.07) is 21.9. The van der Waals surface area contributed by atoms with Gasteiger partial charge in [0, 0.05) is 24.8 Å². The normalized spacial score (nSPS) is 29.6. The third-order valence-electron chi connectivity index (χ3n) is 6.17. The summed E-state index contributed by atoms with van der Waals surface area (Å²) in [5, 5.41) is 21.1. The fourth-order valence-electron chi connectivity index (χ4n) is 4.81. The number of nitrogens with zero attached hydrogens (tertiary/aromatic N) is 2. The van der Waals surface area contributed by atoms with Crippen molar-refractivity contribution >= 4 is 5.91 Å². The number of carbonyl (C=O) groups excluding carboxylic acids is 1. The van der Waals surface area contributed by atoms with Gasteiger partial charge in [0.1, 0.15) is 11.6 Å². The zero-order valence-corrected chi connectivity index (χ0v) is 16.0. The molecule has 2 aliphatic rings. The molecule has 0 aromatic heterocycles. The molecule has 1 saturated heterocycles. The van der Waals surface area contributed by atoms with Crippen molar-refractivity contribution < 1.29 is 9.90 Å². The Bertz CT molecular complexity index is 932. The SMILES string of the molecule is CC1=C[C@@H]2C[C@H](O)N(Cc3ccccc3)C(=O)[C@]2(C#N)[C@H](c2ccccc2)C1. The van der Waals surface area contributed by atoms with E-state index in [1.54, 1.807) is 0 Å². The van der Waals surface area contributed by atoms with Gasteiger partial charge in [0.2, 0.25) is 5.91 Å². The van der Waals surface area contributed by atoms with Crippen LogP contribution in [0.3, 0.4) is 0 Å². The number of hydrogen-bond donors (Lipinski definition) is 1. The van der Waals surface area contributed by atoms with Crippen molar-refractivity contribution in [2.24, 2.45) is 11.3 Å². The lowest BCUT2D eigenvalue weighted by atomic mass is 9.56. The van der Waals surface area contributed by atoms with Gasteiger partial charge in [0.15, 0.2) is 0 Å². The van der Waals surface area contributed by atoms with Gasteiger partial charge in [-0.25, -0.2) is 0 Å². The number of likely N-dealkylation sites (tertiary alicyclic amines) is 1. The predicted molar refractivity (Wildman–Crippen MR) is 107 cm³/mol. The Hall–Kier alpha value is -2.90. The van der Waals surface area contributed by atoms with Crippen LogP contribution in [0, 0.1) is 22.7 Å². The van der Waals surface area contributed by atoms with E-state index in [1.165, 1.54) is 10.5 Å². The van der Waals surface area contributed by atoms with Crippen molar-refractivity contribution in [1.82, 2.24) is 4.90 Å². The van der Waals surface area contributed by atoms with Gasteiger partial charge in [-0.3, -0.25) is 4.79 Å². The molecular formula is C24H24N2O2. The summed E-state index contributed by atoms with van der Waals surface area (Å²) in [6.07, 6.45) is 2.20. The Kier molecular flexibility index (Phi) is 4.78. The largest absolute Gasteiger partial charge is 0.373 e. The van der Waals surface area contributed by atoms with E-state index in [9.17, 15) is 15.2 Å². The Morgan fingerprint density at radius 3 is 2.43 bits per heavy atom. The number of fused-ring (bicyclic) bond motifs is 1. The fourth-order valence-corrected chi connectivity index (χ4v) is 4.81. The molecule has 1 heterocycles. The zero-order chi connectivity index (χ0) is 19.7. The highest BCUT2D eigenvalue weighted by Crippen LogP contribution is 2.54. The lowest BCUT2D eigenvalue weighted by molar-refractivity contribution is -0.166. The van der Waals surface area contributed by atoms with Crippen LogP contribution in [0.1, 0.15) is 36.8 Å². The Labute approximate surface area is 165 Å². The molecule has 2 aromatic carbocycles. The maximum atomic E-state index is 13.7. The number of carbonyl (C=O) groups is 1. The second-order valence-electron chi connectivity index (χ2n) is 7.90. The topological polar surface area (TPSA) is 64.3 Å². The quantitative estimate of drug-likeness (QED) is 0.829. The molecule has 0 spiro atoms. The van der Waals surface area contributed by atoms with Crippen LogP contribution in [0.5, 0.6) is 0 Å². The Balaban J connectivity index is 1.78. The number of rotatable bonds is 3. The van der Waals surface area contributed by atoms with E-state index in [2.05, 4.69) is 6.07 Å². The number of amides is 1. The molecule has 142 valence electrons. The van der Waals surface area contributed by atoms with E-state index < -0.39 is 11.6 Å². The number of piperidine rings is 1. The molecule has 1 aliphatic carbocycles. The van der Waals surface area contributed by atoms with Crippen LogP contribution in [0.2, 0.25) is 0 Å². The van der Waals surface area contributed by atoms with E-state index in [0.717, 1.165) is 11.1 Å². The average molecular weight is 372 g/mol. The summed E-state index contributed by atoms with van der Waals surface area (Å²) in [5.74, 6) is -0.766. The molecule has 4 heteroatoms. The first-order valence-corrected chi connectivity index (χ1v) is 9.73. The van der Waals surface area contributed by atoms with Gasteiger partial charge in [-0.2, -0.15) is 5.26 Å². The summed E-state index contributed by atoms with van der Waals surface area (Å²) in [5.41, 5.74) is 1.93. The molecule has 0 radical (unpaired) electrons. The van der Waals surface area contributed by atoms with Gasteiger partial charge in [0.05, 0.1) is 6.07 Å². The summed E-state index contributed by atoms with van der Waals surface area (Å²) >= 11 is 0. The van der Waals surface area contributed by atoms with Crippen molar-refractivity contribution in [3.8, 4) is 6.07 Å². The molecule has 0 saturated carbocycles. The van der Waals surface area contributed by atoms with Crippen LogP contribution in [0.25, 0.3) is 0 Å². The number of aliphatic hydroxyl groups is 1. The Morgan fingerprint density at radius 2 is 1.79 bits per heavy atom. The van der Waals surface area contributed by atoms with Crippen LogP contribution in [-0.2, 0) is 11.3 Å². The minimum atomic E-state index is -1.19. The molecular weight excluding hydrogens is 348 g/mol. The molecule has 4 nitrogen and oxygen atoms in total. The lowest BCUT2D eigenvalue weighted by Crippen LogP contribution is -2.59. The second-order valence-corrected chi connectivity index (χ2v) is 7.90. The molecule has 1 amide bonds. The number of aliphatic hydroxyl groups excluding tert-OH is 1. The fraction of sp³-hybridized carbons (Fsp3) is 0.333. The Morgan fingerprint density at radius 1 is 1.14 bits per heavy atom. The lowest BCUT2D eigenvalue weighted by Gasteiger charge is -2.50. The highest BCUT2D eigenvalue weighted by atomic mass is 16.3. The van der Waals surface area contributed by atoms with Gasteiger partial charge in [-0.1, -0.05) is 72.3 Å². The van der Waals surface area contributed by atoms with Gasteiger partial charge >= 0.3 is 0 Å². The minimum Gasteiger partial charge on any atom is -0.373 e. The maximum Gasteiger partial charge on any atom is 0.246 e. The van der Waals surface area contributed by atoms with E-state index in [0.29, 0.717) is 19.4 Å². The van der Waals surface area contributed by atoms with E-state index in [1.807, 2.05) is 73.7 Å². The van der Waals surface area contributed by atoms with Crippen molar-refractivity contribution in [3.05, 3.63) is 83.4 Å². The maximum absolute atomic E-state index is 13.7. The highest BCUT2D eigenvalue weighted by molar-refractivity contribution is 5.89. The smallest absolute Gasteiger partial charge is 0.246 e. The molecule has 0 bridgehead atoms. The molecule has 1 N–H and O–H groups in total. The van der Waals surface area contributed by atoms with Gasteiger partial charge in [0.25, 0.3) is 0 Å². The van der Waals surface area contributed by atoms with Crippen LogP contribution in [0.15, 0.2) is 72.3 Å². The van der Waals surface area contributed by atoms with Crippen LogP contribution in [-0.4, -0.2) is 22.1 Å². The zero-order valence-electron chi connectivity index (χ0n) is 16.0. The molecule has 28 heavy (non-hydrogen) atoms. The molecule has 2 aromatic rings. The predicted octanol–water partition coefficient (Wildman–Crippen LogP) is 4.00. The number of hydrogen-bond acceptors (Lipinski definition) is 3. The van der Waals surface area contributed by atoms with Crippen LogP contribution >= 0.6 is 0 Å². The average Bonchev–Trinajstić information content (AvgIpc) is 2.72. The number of allylic oxidation sites excluding steroid dienone is 2. The van der Waals surface area contributed by atoms with Crippen molar-refractivity contribution in [3.63, 3.8) is 0 Å². The number of nitriles is 1. The molecule has 1 fully saturated rings. The van der Waals surface area contributed by atoms with Crippen LogP contribution < -0.4 is 0 Å². The second kappa shape index (κ2) is 7.26. The highest BCUT2D eigenvalue weighted by Gasteiger charge is 2.59. The third kappa shape index (κ3) is 2.93. The van der Waals surface area contributed by atoms with Crippen molar-refractivity contribution in [2.45, 2.75) is 38.5 Å². The summed E-state index contributed by atoms with van der Waals surface area (Å²) < 4.78 is 0. The van der Waals surface area contributed by atoms with E-state index >= 15 is 0 Å². The van der Waals surface area contributed by atoms with E-state index in [4.69, 9.17) is 0 Å². The molecule has 4 rings (SSSR count). The molecule has 1 aliphatic heterocycles. The van der Waals surface area contributed by atoms with Gasteiger partial charge in [-0.15, -0.1) is 0 Å². The number of benzene rings is 2. The van der Waals surface area contributed by atoms with E-state index in [-0.39, 0.29) is 17.7 Å². The molecule has 4 atom stereocenters.